The molecule has 9 aromatic carbocycles. The Labute approximate surface area is 391 Å². The van der Waals surface area contributed by atoms with E-state index in [1.165, 1.54) is 18.2 Å². The average Bonchev–Trinajstić information content (AvgIpc) is 4.09. The fraction of sp³-hybridized carbons (Fsp3) is 0. The molecule has 12 aromatic rings. The molecular weight excluding hydrogens is 861 g/mol. The van der Waals surface area contributed by atoms with Crippen LogP contribution in [0, 0.1) is 0 Å². The van der Waals surface area contributed by atoms with Crippen molar-refractivity contribution in [3.63, 3.8) is 0 Å². The summed E-state index contributed by atoms with van der Waals surface area (Å²) in [5.41, 5.74) is 25.4. The summed E-state index contributed by atoms with van der Waals surface area (Å²) in [5.74, 6) is 2.21. The number of hydrogen-bond donors (Lipinski definition) is 2. The number of hydrogen-bond acceptors (Lipinski definition) is 7. The normalized spacial score (nSPS) is 11.8. The van der Waals surface area contributed by atoms with E-state index in [4.69, 9.17) is 26.4 Å². The third-order valence-corrected chi connectivity index (χ3v) is 14.1. The molecular formula is C57H40N8O2S. The van der Waals surface area contributed by atoms with Gasteiger partial charge in [-0.1, -0.05) is 84.9 Å². The van der Waals surface area contributed by atoms with Crippen molar-refractivity contribution in [3.05, 3.63) is 218 Å². The Balaban J connectivity index is 1.11. The minimum Gasteiger partial charge on any atom is -0.399 e. The molecule has 0 fully saturated rings. The van der Waals surface area contributed by atoms with E-state index in [1.54, 1.807) is 24.3 Å². The molecule has 4 N–H and O–H groups in total. The Hall–Kier alpha value is -9.06. The lowest BCUT2D eigenvalue weighted by Crippen LogP contribution is -2.03. The molecule has 0 amide bonds. The minimum atomic E-state index is -3.88. The molecule has 0 aliphatic heterocycles. The van der Waals surface area contributed by atoms with Gasteiger partial charge in [0.2, 0.25) is 9.84 Å². The van der Waals surface area contributed by atoms with Crippen molar-refractivity contribution in [3.8, 4) is 62.4 Å². The van der Waals surface area contributed by atoms with E-state index >= 15 is 0 Å². The SMILES string of the molecule is Nc1ccc(S(=O)(=O)c2ccc(N)c(-c3ccc4c(c3)nc(-c3cc(-c5nc6ccccc6n5-c5ccccc5)cc(-c5nc6ccccc6n5-c5ccccc5)c3)n4-c3ccccc3)c2)cc1. The Bertz CT molecular complexity index is 3860. The van der Waals surface area contributed by atoms with Gasteiger partial charge >= 0.3 is 0 Å². The van der Waals surface area contributed by atoms with Gasteiger partial charge in [-0.3, -0.25) is 13.7 Å². The van der Waals surface area contributed by atoms with Gasteiger partial charge in [0.15, 0.2) is 0 Å². The van der Waals surface area contributed by atoms with Gasteiger partial charge < -0.3 is 11.5 Å². The largest absolute Gasteiger partial charge is 0.399 e. The number of imidazole rings is 3. The molecule has 0 saturated heterocycles. The van der Waals surface area contributed by atoms with Crippen molar-refractivity contribution < 1.29 is 8.42 Å². The zero-order valence-corrected chi connectivity index (χ0v) is 37.2. The number of nitrogens with zero attached hydrogens (tertiary/aromatic N) is 6. The molecule has 0 aliphatic carbocycles. The van der Waals surface area contributed by atoms with Gasteiger partial charge in [-0.15, -0.1) is 0 Å². The Morgan fingerprint density at radius 1 is 0.353 bits per heavy atom. The first kappa shape index (κ1) is 40.4. The number of anilines is 2. The molecule has 3 heterocycles. The monoisotopic (exact) mass is 900 g/mol. The summed E-state index contributed by atoms with van der Waals surface area (Å²) < 4.78 is 34.3. The maximum atomic E-state index is 13.9. The van der Waals surface area contributed by atoms with Crippen LogP contribution in [0.5, 0.6) is 0 Å². The third kappa shape index (κ3) is 6.88. The maximum Gasteiger partial charge on any atom is 0.206 e. The molecule has 12 rings (SSSR count). The molecule has 0 atom stereocenters. The van der Waals surface area contributed by atoms with E-state index in [-0.39, 0.29) is 9.79 Å². The van der Waals surface area contributed by atoms with Crippen molar-refractivity contribution in [2.45, 2.75) is 9.79 Å². The zero-order chi connectivity index (χ0) is 45.9. The predicted molar refractivity (Wildman–Crippen MR) is 273 cm³/mol. The molecule has 11 heteroatoms. The van der Waals surface area contributed by atoms with Crippen LogP contribution < -0.4 is 11.5 Å². The van der Waals surface area contributed by atoms with Gasteiger partial charge in [0.25, 0.3) is 0 Å². The van der Waals surface area contributed by atoms with Crippen molar-refractivity contribution in [1.29, 1.82) is 0 Å². The third-order valence-electron chi connectivity index (χ3n) is 12.4. The van der Waals surface area contributed by atoms with Gasteiger partial charge in [-0.25, -0.2) is 23.4 Å². The van der Waals surface area contributed by atoms with Gasteiger partial charge in [-0.05, 0) is 139 Å². The highest BCUT2D eigenvalue weighted by molar-refractivity contribution is 7.91. The highest BCUT2D eigenvalue weighted by atomic mass is 32.2. The highest BCUT2D eigenvalue weighted by Crippen LogP contribution is 2.40. The van der Waals surface area contributed by atoms with Crippen LogP contribution in [-0.2, 0) is 9.84 Å². The number of fused-ring (bicyclic) bond motifs is 3. The summed E-state index contributed by atoms with van der Waals surface area (Å²) in [5, 5.41) is 0. The fourth-order valence-corrected chi connectivity index (χ4v) is 10.4. The van der Waals surface area contributed by atoms with Gasteiger partial charge in [0, 0.05) is 50.7 Å². The first-order valence-corrected chi connectivity index (χ1v) is 23.6. The zero-order valence-electron chi connectivity index (χ0n) is 36.3. The van der Waals surface area contributed by atoms with E-state index in [1.807, 2.05) is 109 Å². The van der Waals surface area contributed by atoms with Gasteiger partial charge in [0.05, 0.1) is 42.9 Å². The number of rotatable bonds is 9. The molecule has 10 nitrogen and oxygen atoms in total. The van der Waals surface area contributed by atoms with Crippen molar-refractivity contribution >= 4 is 54.3 Å². The summed E-state index contributed by atoms with van der Waals surface area (Å²) in [6.07, 6.45) is 0. The molecule has 0 saturated carbocycles. The van der Waals surface area contributed by atoms with Crippen LogP contribution in [0.1, 0.15) is 0 Å². The van der Waals surface area contributed by atoms with E-state index in [9.17, 15) is 8.42 Å². The maximum absolute atomic E-state index is 13.9. The van der Waals surface area contributed by atoms with E-state index in [0.29, 0.717) is 28.3 Å². The Morgan fingerprint density at radius 3 is 1.25 bits per heavy atom. The topological polar surface area (TPSA) is 140 Å². The number of aromatic nitrogens is 6. The highest BCUT2D eigenvalue weighted by Gasteiger charge is 2.24. The van der Waals surface area contributed by atoms with E-state index < -0.39 is 9.84 Å². The lowest BCUT2D eigenvalue weighted by atomic mass is 10.0. The molecule has 326 valence electrons. The van der Waals surface area contributed by atoms with Crippen molar-refractivity contribution in [2.24, 2.45) is 0 Å². The fourth-order valence-electron chi connectivity index (χ4n) is 9.15. The standard InChI is InChI=1S/C57H40N8O2S/c58-41-25-27-45(28-26-41)68(66,67)46-29-30-48(59)47(36-46)37-24-31-54-51(35-37)62-57(65(54)44-18-8-3-9-19-44)40-33-38(55-60-49-20-10-12-22-52(49)63(55)42-14-4-1-5-15-42)32-39(34-40)56-61-50-21-11-13-23-53(50)64(56)43-16-6-2-7-17-43/h1-36H,58-59H2. The second-order valence-electron chi connectivity index (χ2n) is 16.6. The first-order valence-electron chi connectivity index (χ1n) is 22.1. The van der Waals surface area contributed by atoms with E-state index in [0.717, 1.165) is 78.5 Å². The number of nitrogens with two attached hydrogens (primary N) is 2. The van der Waals surface area contributed by atoms with Crippen LogP contribution in [0.3, 0.4) is 0 Å². The molecule has 0 unspecified atom stereocenters. The Kier molecular flexibility index (Phi) is 9.59. The summed E-state index contributed by atoms with van der Waals surface area (Å²) in [7, 11) is -3.88. The van der Waals surface area contributed by atoms with Gasteiger partial charge in [-0.2, -0.15) is 0 Å². The Morgan fingerprint density at radius 2 is 0.765 bits per heavy atom. The summed E-state index contributed by atoms with van der Waals surface area (Å²) in [6, 6.07) is 70.5. The van der Waals surface area contributed by atoms with E-state index in [2.05, 4.69) is 80.4 Å². The lowest BCUT2D eigenvalue weighted by molar-refractivity contribution is 0.596. The summed E-state index contributed by atoms with van der Waals surface area (Å²) in [6.45, 7) is 0. The second-order valence-corrected chi connectivity index (χ2v) is 18.6. The number of benzene rings is 9. The second kappa shape index (κ2) is 16.1. The van der Waals surface area contributed by atoms with Crippen LogP contribution in [0.2, 0.25) is 0 Å². The van der Waals surface area contributed by atoms with Crippen molar-refractivity contribution in [1.82, 2.24) is 28.7 Å². The van der Waals surface area contributed by atoms with Crippen LogP contribution in [0.4, 0.5) is 11.4 Å². The molecule has 0 bridgehead atoms. The summed E-state index contributed by atoms with van der Waals surface area (Å²) in [4.78, 5) is 16.4. The predicted octanol–water partition coefficient (Wildman–Crippen LogP) is 12.4. The molecule has 0 radical (unpaired) electrons. The van der Waals surface area contributed by atoms with Crippen LogP contribution in [0.15, 0.2) is 228 Å². The first-order chi connectivity index (χ1) is 33.3. The van der Waals surface area contributed by atoms with Crippen LogP contribution in [-0.4, -0.2) is 37.1 Å². The average molecular weight is 901 g/mol. The molecule has 0 spiro atoms. The number of nitrogen functional groups attached to an aromatic ring is 2. The molecule has 68 heavy (non-hydrogen) atoms. The van der Waals surface area contributed by atoms with Crippen LogP contribution in [0.25, 0.3) is 95.5 Å². The lowest BCUT2D eigenvalue weighted by Gasteiger charge is -2.15. The van der Waals surface area contributed by atoms with Crippen LogP contribution >= 0.6 is 0 Å². The van der Waals surface area contributed by atoms with Crippen molar-refractivity contribution in [2.75, 3.05) is 11.5 Å². The molecule has 3 aromatic heterocycles. The quantitative estimate of drug-likeness (QED) is 0.137. The number of para-hydroxylation sites is 7. The summed E-state index contributed by atoms with van der Waals surface area (Å²) >= 11 is 0. The minimum absolute atomic E-state index is 0.120. The smallest absolute Gasteiger partial charge is 0.206 e. The number of sulfone groups is 1. The van der Waals surface area contributed by atoms with Gasteiger partial charge in [0.1, 0.15) is 17.5 Å². The molecule has 0 aliphatic rings.